The molecule has 6 rings (SSSR count). The van der Waals surface area contributed by atoms with Crippen LogP contribution >= 0.6 is 23.5 Å². The fraction of sp³-hybridized carbons (Fsp3) is 0.191. The third-order valence-electron chi connectivity index (χ3n) is 9.38. The van der Waals surface area contributed by atoms with Gasteiger partial charge in [-0.25, -0.2) is 9.59 Å². The Labute approximate surface area is 352 Å². The average molecular weight is 861 g/mol. The van der Waals surface area contributed by atoms with Gasteiger partial charge in [-0.05, 0) is 132 Å². The van der Waals surface area contributed by atoms with E-state index in [-0.39, 0.29) is 0 Å². The highest BCUT2D eigenvalue weighted by atomic mass is 32.2. The molecule has 0 aliphatic heterocycles. The predicted octanol–water partition coefficient (Wildman–Crippen LogP) is 13.1. The Hall–Kier alpha value is -5.66. The van der Waals surface area contributed by atoms with E-state index < -0.39 is 48.6 Å². The molecule has 0 spiro atoms. The molecule has 0 aliphatic carbocycles. The van der Waals surface area contributed by atoms with Crippen molar-refractivity contribution in [3.8, 4) is 33.8 Å². The molecule has 0 N–H and O–H groups in total. The van der Waals surface area contributed by atoms with E-state index in [9.17, 15) is 35.9 Å². The van der Waals surface area contributed by atoms with Gasteiger partial charge in [0, 0.05) is 21.3 Å². The first-order chi connectivity index (χ1) is 28.5. The largest absolute Gasteiger partial charge is 0.482 e. The molecule has 0 fully saturated rings. The second-order valence-electron chi connectivity index (χ2n) is 13.8. The lowest BCUT2D eigenvalue weighted by molar-refractivity contribution is -0.162. The first-order valence-corrected chi connectivity index (χ1v) is 20.5. The zero-order chi connectivity index (χ0) is 43.0. The first-order valence-electron chi connectivity index (χ1n) is 18.5. The molecule has 0 saturated heterocycles. The number of ether oxygens (including phenoxy) is 3. The monoisotopic (exact) mass is 860 g/mol. The summed E-state index contributed by atoms with van der Waals surface area (Å²) in [6, 6.07) is 34.6. The lowest BCUT2D eigenvalue weighted by Crippen LogP contribution is -2.23. The highest BCUT2D eigenvalue weighted by molar-refractivity contribution is 7.98. The van der Waals surface area contributed by atoms with Crippen LogP contribution in [0.3, 0.4) is 0 Å². The molecule has 0 bridgehead atoms. The number of hydrogen-bond acceptors (Lipinski definition) is 7. The van der Waals surface area contributed by atoms with Crippen LogP contribution in [0, 0.1) is 20.8 Å². The van der Waals surface area contributed by atoms with E-state index >= 15 is 0 Å². The van der Waals surface area contributed by atoms with Gasteiger partial charge < -0.3 is 14.2 Å². The molecule has 0 amide bonds. The van der Waals surface area contributed by atoms with Crippen molar-refractivity contribution in [3.63, 3.8) is 0 Å². The van der Waals surface area contributed by atoms with Crippen molar-refractivity contribution in [2.24, 2.45) is 0 Å². The lowest BCUT2D eigenvalue weighted by Gasteiger charge is -2.13. The number of aryl methyl sites for hydroxylation is 3. The molecule has 6 aromatic carbocycles. The van der Waals surface area contributed by atoms with Crippen LogP contribution in [0.15, 0.2) is 137 Å². The van der Waals surface area contributed by atoms with Gasteiger partial charge in [0.25, 0.3) is 0 Å². The maximum atomic E-state index is 13.0. The average Bonchev–Trinajstić information content (AvgIpc) is 3.21. The minimum atomic E-state index is -4.39. The zero-order valence-electron chi connectivity index (χ0n) is 32.6. The Morgan fingerprint density at radius 1 is 0.500 bits per heavy atom. The van der Waals surface area contributed by atoms with Crippen LogP contribution in [0.4, 0.5) is 26.3 Å². The van der Waals surface area contributed by atoms with Crippen LogP contribution in [-0.4, -0.2) is 25.2 Å². The van der Waals surface area contributed by atoms with Crippen LogP contribution in [0.2, 0.25) is 0 Å². The summed E-state index contributed by atoms with van der Waals surface area (Å²) in [5, 5.41) is 0. The fourth-order valence-electron chi connectivity index (χ4n) is 6.08. The van der Waals surface area contributed by atoms with E-state index in [0.29, 0.717) is 34.1 Å². The van der Waals surface area contributed by atoms with Crippen molar-refractivity contribution in [3.05, 3.63) is 166 Å². The third kappa shape index (κ3) is 12.0. The molecular weight excluding hydrogens is 823 g/mol. The van der Waals surface area contributed by atoms with Crippen molar-refractivity contribution >= 4 is 35.5 Å². The van der Waals surface area contributed by atoms with Gasteiger partial charge in [-0.3, -0.25) is 0 Å². The number of carbonyl (C=O) groups excluding carboxylic acids is 2. The van der Waals surface area contributed by atoms with Gasteiger partial charge in [0.05, 0.1) is 11.1 Å². The van der Waals surface area contributed by atoms with E-state index in [1.165, 1.54) is 24.3 Å². The Bertz CT molecular complexity index is 2460. The molecule has 60 heavy (non-hydrogen) atoms. The van der Waals surface area contributed by atoms with Crippen molar-refractivity contribution in [2.75, 3.05) is 13.2 Å². The van der Waals surface area contributed by atoms with Gasteiger partial charge >= 0.3 is 24.3 Å². The molecule has 0 aliphatic rings. The molecule has 0 atom stereocenters. The topological polar surface area (TPSA) is 61.8 Å². The number of alkyl halides is 6. The van der Waals surface area contributed by atoms with Crippen LogP contribution < -0.4 is 9.47 Å². The van der Waals surface area contributed by atoms with Crippen molar-refractivity contribution in [1.29, 1.82) is 0 Å². The van der Waals surface area contributed by atoms with Gasteiger partial charge in [-0.2, -0.15) is 26.3 Å². The van der Waals surface area contributed by atoms with Gasteiger partial charge in [0.2, 0.25) is 0 Å². The van der Waals surface area contributed by atoms with Gasteiger partial charge in [0.15, 0.2) is 13.2 Å². The molecule has 13 heteroatoms. The number of thioether (sulfide) groups is 2. The summed E-state index contributed by atoms with van der Waals surface area (Å²) in [6.45, 7) is 4.65. The maximum Gasteiger partial charge on any atom is 0.416 e. The van der Waals surface area contributed by atoms with Crippen molar-refractivity contribution < 1.29 is 50.1 Å². The Kier molecular flexibility index (Phi) is 14.0. The molecular formula is C47H38F6O5S2. The highest BCUT2D eigenvalue weighted by Gasteiger charge is 2.31. The van der Waals surface area contributed by atoms with E-state index in [2.05, 4.69) is 0 Å². The van der Waals surface area contributed by atoms with Gasteiger partial charge in [-0.15, -0.1) is 23.5 Å². The summed E-state index contributed by atoms with van der Waals surface area (Å²) >= 11 is 3.15. The second kappa shape index (κ2) is 19.2. The Balaban J connectivity index is 0.932. The predicted molar refractivity (Wildman–Crippen MR) is 222 cm³/mol. The standard InChI is InChI=1S/C47H38F6O5S2/c1-29-7-8-36(34-11-15-39(16-12-34)47(51,52)53)24-37(29)28-60-41-18-20-43(31(3)22-41)57-26-45(55)58-44(54)25-56-42-19-17-40(21-30(42)2)59-27-32-5-4-6-35(23-32)33-9-13-38(14-10-33)46(48,49)50/h4-24H,25-28H2,1-3H3. The maximum absolute atomic E-state index is 13.0. The number of esters is 2. The normalized spacial score (nSPS) is 11.6. The van der Waals surface area contributed by atoms with Crippen LogP contribution in [-0.2, 0) is 38.2 Å². The van der Waals surface area contributed by atoms with E-state index in [1.807, 2.05) is 87.5 Å². The molecule has 0 heterocycles. The molecule has 5 nitrogen and oxygen atoms in total. The zero-order valence-corrected chi connectivity index (χ0v) is 34.2. The van der Waals surface area contributed by atoms with Crippen molar-refractivity contribution in [2.45, 2.75) is 54.4 Å². The third-order valence-corrected chi connectivity index (χ3v) is 11.5. The van der Waals surface area contributed by atoms with E-state index in [0.717, 1.165) is 73.0 Å². The van der Waals surface area contributed by atoms with Gasteiger partial charge in [-0.1, -0.05) is 66.7 Å². The van der Waals surface area contributed by atoms with Crippen LogP contribution in [0.5, 0.6) is 11.5 Å². The molecule has 6 aromatic rings. The molecule has 0 saturated carbocycles. The van der Waals surface area contributed by atoms with E-state index in [1.54, 1.807) is 35.7 Å². The van der Waals surface area contributed by atoms with Crippen molar-refractivity contribution in [1.82, 2.24) is 0 Å². The molecule has 0 radical (unpaired) electrons. The summed E-state index contributed by atoms with van der Waals surface area (Å²) in [6.07, 6.45) is -8.78. The summed E-state index contributed by atoms with van der Waals surface area (Å²) < 4.78 is 94.1. The molecule has 0 unspecified atom stereocenters. The summed E-state index contributed by atoms with van der Waals surface area (Å²) in [5.41, 5.74) is 6.24. The van der Waals surface area contributed by atoms with Crippen LogP contribution in [0.25, 0.3) is 22.3 Å². The first kappa shape index (κ1) is 43.9. The number of carbonyl (C=O) groups is 2. The molecule has 310 valence electrons. The van der Waals surface area contributed by atoms with Crippen LogP contribution in [0.1, 0.15) is 38.9 Å². The van der Waals surface area contributed by atoms with E-state index in [4.69, 9.17) is 14.2 Å². The lowest BCUT2D eigenvalue weighted by atomic mass is 9.99. The summed E-state index contributed by atoms with van der Waals surface area (Å²) in [7, 11) is 0. The molecule has 0 aromatic heterocycles. The smallest absolute Gasteiger partial charge is 0.416 e. The Morgan fingerprint density at radius 3 is 1.45 bits per heavy atom. The second-order valence-corrected chi connectivity index (χ2v) is 15.9. The summed E-state index contributed by atoms with van der Waals surface area (Å²) in [5.74, 6) is 0.362. The number of benzene rings is 6. The summed E-state index contributed by atoms with van der Waals surface area (Å²) in [4.78, 5) is 26.7. The quantitative estimate of drug-likeness (QED) is 0.0468. The highest BCUT2D eigenvalue weighted by Crippen LogP contribution is 2.35. The number of rotatable bonds is 14. The van der Waals surface area contributed by atoms with Gasteiger partial charge in [0.1, 0.15) is 11.5 Å². The fourth-order valence-corrected chi connectivity index (χ4v) is 8.08. The SMILES string of the molecule is Cc1ccc(-c2ccc(C(F)(F)F)cc2)cc1CSc1ccc(OCC(=O)OC(=O)COc2ccc(SCc3cccc(-c4ccc(C(F)(F)F)cc4)c3)cc2C)c(C)c1. The number of halogens is 6. The number of hydrogen-bond donors (Lipinski definition) is 0. The Morgan fingerprint density at radius 2 is 0.967 bits per heavy atom. The minimum Gasteiger partial charge on any atom is -0.482 e. The minimum absolute atomic E-state index is 0.444.